The number of nitrogens with two attached hydrogens (primary N) is 1. The van der Waals surface area contributed by atoms with Gasteiger partial charge in [0.2, 0.25) is 0 Å². The molecule has 0 saturated heterocycles. The smallest absolute Gasteiger partial charge is 0.193 e. The lowest BCUT2D eigenvalue weighted by Crippen LogP contribution is -2.31. The van der Waals surface area contributed by atoms with Crippen molar-refractivity contribution in [1.82, 2.24) is 4.90 Å². The average molecular weight is 347 g/mol. The number of ether oxygens (including phenoxy) is 1. The molecule has 130 valence electrons. The number of anilines is 1. The Bertz CT molecular complexity index is 638. The van der Waals surface area contributed by atoms with E-state index in [1.807, 2.05) is 24.3 Å². The summed E-state index contributed by atoms with van der Waals surface area (Å²) in [5, 5.41) is 7.41. The van der Waals surface area contributed by atoms with Crippen molar-refractivity contribution in [2.24, 2.45) is 10.7 Å². The van der Waals surface area contributed by atoms with Crippen molar-refractivity contribution in [1.29, 1.82) is 0 Å². The molecule has 5 nitrogen and oxygen atoms in total. The fraction of sp³-hybridized carbons (Fsp3) is 0.389. The van der Waals surface area contributed by atoms with Crippen LogP contribution in [0.15, 0.2) is 46.1 Å². The zero-order valence-corrected chi connectivity index (χ0v) is 15.3. The SMILES string of the molecule is CCN(CC)C(CN=C(N)Nc1ccccc1OC)c1ccsc1. The standard InChI is InChI=1S/C18H26N4OS/c1-4-22(5-2)16(14-10-11-24-13-14)12-20-18(19)21-15-8-6-7-9-17(15)23-3/h6-11,13,16H,4-5,12H2,1-3H3,(H3,19,20,21). The molecule has 0 aliphatic carbocycles. The highest BCUT2D eigenvalue weighted by atomic mass is 32.1. The van der Waals surface area contributed by atoms with E-state index in [0.717, 1.165) is 24.5 Å². The summed E-state index contributed by atoms with van der Waals surface area (Å²) in [5.74, 6) is 1.14. The molecule has 2 aromatic rings. The first-order chi connectivity index (χ1) is 11.7. The Morgan fingerprint density at radius 3 is 2.67 bits per heavy atom. The Morgan fingerprint density at radius 1 is 1.29 bits per heavy atom. The van der Waals surface area contributed by atoms with Gasteiger partial charge < -0.3 is 15.8 Å². The van der Waals surface area contributed by atoms with E-state index in [-0.39, 0.29) is 6.04 Å². The van der Waals surface area contributed by atoms with Crippen molar-refractivity contribution >= 4 is 23.0 Å². The number of nitrogens with zero attached hydrogens (tertiary/aromatic N) is 2. The number of likely N-dealkylation sites (N-methyl/N-ethyl adjacent to an activating group) is 1. The second-order valence-electron chi connectivity index (χ2n) is 5.34. The number of guanidine groups is 1. The van der Waals surface area contributed by atoms with Gasteiger partial charge in [0.15, 0.2) is 5.96 Å². The van der Waals surface area contributed by atoms with Crippen molar-refractivity contribution in [2.75, 3.05) is 32.1 Å². The fourth-order valence-corrected chi connectivity index (χ4v) is 3.38. The molecule has 0 aliphatic heterocycles. The molecule has 0 aliphatic rings. The predicted molar refractivity (Wildman–Crippen MR) is 103 cm³/mol. The normalized spacial score (nSPS) is 13.1. The third-order valence-electron chi connectivity index (χ3n) is 3.99. The zero-order chi connectivity index (χ0) is 17.4. The van der Waals surface area contributed by atoms with Crippen LogP contribution in [0, 0.1) is 0 Å². The molecule has 24 heavy (non-hydrogen) atoms. The molecule has 1 unspecified atom stereocenters. The van der Waals surface area contributed by atoms with Crippen LogP contribution >= 0.6 is 11.3 Å². The van der Waals surface area contributed by atoms with Crippen LogP contribution in [-0.2, 0) is 0 Å². The van der Waals surface area contributed by atoms with Gasteiger partial charge >= 0.3 is 0 Å². The number of hydrogen-bond acceptors (Lipinski definition) is 4. The molecule has 1 aromatic heterocycles. The van der Waals surface area contributed by atoms with Gasteiger partial charge in [0.25, 0.3) is 0 Å². The van der Waals surface area contributed by atoms with Crippen LogP contribution in [0.25, 0.3) is 0 Å². The number of nitrogens with one attached hydrogen (secondary N) is 1. The molecule has 1 heterocycles. The summed E-state index contributed by atoms with van der Waals surface area (Å²) < 4.78 is 5.32. The van der Waals surface area contributed by atoms with E-state index >= 15 is 0 Å². The lowest BCUT2D eigenvalue weighted by atomic mass is 10.1. The van der Waals surface area contributed by atoms with Crippen LogP contribution in [0.4, 0.5) is 5.69 Å². The van der Waals surface area contributed by atoms with Crippen molar-refractivity contribution in [2.45, 2.75) is 19.9 Å². The first kappa shape index (κ1) is 18.3. The molecule has 0 amide bonds. The average Bonchev–Trinajstić information content (AvgIpc) is 3.13. The number of thiophene rings is 1. The molecular formula is C18H26N4OS. The molecule has 2 rings (SSSR count). The van der Waals surface area contributed by atoms with Crippen molar-refractivity contribution in [3.8, 4) is 5.75 Å². The third kappa shape index (κ3) is 4.72. The second kappa shape index (κ2) is 9.30. The van der Waals surface area contributed by atoms with E-state index in [1.54, 1.807) is 18.4 Å². The summed E-state index contributed by atoms with van der Waals surface area (Å²) in [6.45, 7) is 6.91. The largest absolute Gasteiger partial charge is 0.495 e. The van der Waals surface area contributed by atoms with Crippen LogP contribution in [0.3, 0.4) is 0 Å². The van der Waals surface area contributed by atoms with E-state index in [0.29, 0.717) is 12.5 Å². The summed E-state index contributed by atoms with van der Waals surface area (Å²) in [6.07, 6.45) is 0. The third-order valence-corrected chi connectivity index (χ3v) is 4.69. The summed E-state index contributed by atoms with van der Waals surface area (Å²) in [4.78, 5) is 6.95. The second-order valence-corrected chi connectivity index (χ2v) is 6.12. The topological polar surface area (TPSA) is 62.9 Å². The number of benzene rings is 1. The van der Waals surface area contributed by atoms with Crippen molar-refractivity contribution in [3.63, 3.8) is 0 Å². The van der Waals surface area contributed by atoms with Gasteiger partial charge in [0, 0.05) is 0 Å². The van der Waals surface area contributed by atoms with Crippen molar-refractivity contribution < 1.29 is 4.74 Å². The summed E-state index contributed by atoms with van der Waals surface area (Å²) >= 11 is 1.71. The Labute approximate surface area is 148 Å². The minimum absolute atomic E-state index is 0.240. The first-order valence-electron chi connectivity index (χ1n) is 8.15. The van der Waals surface area contributed by atoms with Gasteiger partial charge in [-0.2, -0.15) is 11.3 Å². The molecule has 0 radical (unpaired) electrons. The first-order valence-corrected chi connectivity index (χ1v) is 9.09. The Kier molecular flexibility index (Phi) is 7.08. The van der Waals surface area contributed by atoms with Gasteiger partial charge in [-0.15, -0.1) is 0 Å². The van der Waals surface area contributed by atoms with Gasteiger partial charge in [-0.25, -0.2) is 0 Å². The molecule has 1 aromatic carbocycles. The number of aliphatic imine (C=N–C) groups is 1. The molecule has 0 fully saturated rings. The molecule has 6 heteroatoms. The Balaban J connectivity index is 2.10. The highest BCUT2D eigenvalue weighted by Crippen LogP contribution is 2.24. The maximum Gasteiger partial charge on any atom is 0.193 e. The monoisotopic (exact) mass is 346 g/mol. The molecular weight excluding hydrogens is 320 g/mol. The molecule has 0 bridgehead atoms. The highest BCUT2D eigenvalue weighted by Gasteiger charge is 2.18. The minimum Gasteiger partial charge on any atom is -0.495 e. The number of methoxy groups -OCH3 is 1. The van der Waals surface area contributed by atoms with Crippen LogP contribution in [-0.4, -0.2) is 37.6 Å². The summed E-state index contributed by atoms with van der Waals surface area (Å²) in [5.41, 5.74) is 8.19. The number of hydrogen-bond donors (Lipinski definition) is 2. The zero-order valence-electron chi connectivity index (χ0n) is 14.5. The van der Waals surface area contributed by atoms with Gasteiger partial charge in [-0.05, 0) is 47.6 Å². The van der Waals surface area contributed by atoms with E-state index < -0.39 is 0 Å². The Morgan fingerprint density at radius 2 is 2.04 bits per heavy atom. The minimum atomic E-state index is 0.240. The summed E-state index contributed by atoms with van der Waals surface area (Å²) in [6, 6.07) is 10.1. The van der Waals surface area contributed by atoms with E-state index in [9.17, 15) is 0 Å². The molecule has 0 saturated carbocycles. The lowest BCUT2D eigenvalue weighted by Gasteiger charge is -2.28. The Hall–Kier alpha value is -2.05. The van der Waals surface area contributed by atoms with Crippen LogP contribution in [0.1, 0.15) is 25.5 Å². The van der Waals surface area contributed by atoms with Gasteiger partial charge in [0.1, 0.15) is 5.75 Å². The van der Waals surface area contributed by atoms with Gasteiger partial charge in [0.05, 0.1) is 25.4 Å². The van der Waals surface area contributed by atoms with E-state index in [4.69, 9.17) is 10.5 Å². The molecule has 0 spiro atoms. The number of rotatable bonds is 8. The van der Waals surface area contributed by atoms with E-state index in [2.05, 4.69) is 45.9 Å². The van der Waals surface area contributed by atoms with Crippen LogP contribution in [0.5, 0.6) is 5.75 Å². The molecule has 3 N–H and O–H groups in total. The quantitative estimate of drug-likeness (QED) is 0.567. The van der Waals surface area contributed by atoms with Gasteiger partial charge in [-0.3, -0.25) is 9.89 Å². The number of para-hydroxylation sites is 2. The van der Waals surface area contributed by atoms with Crippen molar-refractivity contribution in [3.05, 3.63) is 46.7 Å². The highest BCUT2D eigenvalue weighted by molar-refractivity contribution is 7.07. The predicted octanol–water partition coefficient (Wildman–Crippen LogP) is 3.57. The summed E-state index contributed by atoms with van der Waals surface area (Å²) in [7, 11) is 1.64. The maximum atomic E-state index is 6.08. The van der Waals surface area contributed by atoms with E-state index in [1.165, 1.54) is 5.56 Å². The molecule has 1 atom stereocenters. The van der Waals surface area contributed by atoms with Gasteiger partial charge in [-0.1, -0.05) is 26.0 Å². The fourth-order valence-electron chi connectivity index (χ4n) is 2.67. The maximum absolute atomic E-state index is 6.08. The lowest BCUT2D eigenvalue weighted by molar-refractivity contribution is 0.225. The van der Waals surface area contributed by atoms with Crippen LogP contribution in [0.2, 0.25) is 0 Å². The van der Waals surface area contributed by atoms with Crippen LogP contribution < -0.4 is 15.8 Å².